The van der Waals surface area contributed by atoms with Gasteiger partial charge in [-0.05, 0) is 23.6 Å². The van der Waals surface area contributed by atoms with E-state index >= 15 is 0 Å². The van der Waals surface area contributed by atoms with Gasteiger partial charge in [0.1, 0.15) is 5.75 Å². The molecule has 1 atom stereocenters. The number of anilines is 1. The SMILES string of the molecule is CC(C)c1ccc2c(c1)N(C)C(=O)C(CN)O2. The number of carbonyl (C=O) groups is 1. The van der Waals surface area contributed by atoms with E-state index in [1.807, 2.05) is 18.2 Å². The van der Waals surface area contributed by atoms with Crippen LogP contribution in [0, 0.1) is 0 Å². The summed E-state index contributed by atoms with van der Waals surface area (Å²) in [7, 11) is 1.76. The number of ether oxygens (including phenoxy) is 1. The van der Waals surface area contributed by atoms with Gasteiger partial charge in [0, 0.05) is 13.6 Å². The van der Waals surface area contributed by atoms with Gasteiger partial charge < -0.3 is 15.4 Å². The Morgan fingerprint density at radius 2 is 2.18 bits per heavy atom. The third-order valence-corrected chi connectivity index (χ3v) is 3.10. The zero-order valence-electron chi connectivity index (χ0n) is 10.4. The molecule has 0 saturated carbocycles. The highest BCUT2D eigenvalue weighted by molar-refractivity contribution is 5.99. The fraction of sp³-hybridized carbons (Fsp3) is 0.462. The third kappa shape index (κ3) is 2.00. The molecule has 1 amide bonds. The second-order valence-corrected chi connectivity index (χ2v) is 4.62. The van der Waals surface area contributed by atoms with Gasteiger partial charge in [0.05, 0.1) is 5.69 Å². The first-order valence-corrected chi connectivity index (χ1v) is 5.82. The van der Waals surface area contributed by atoms with Gasteiger partial charge in [-0.15, -0.1) is 0 Å². The molecule has 1 aliphatic heterocycles. The van der Waals surface area contributed by atoms with E-state index in [-0.39, 0.29) is 12.5 Å². The Bertz CT molecular complexity index is 443. The van der Waals surface area contributed by atoms with Crippen LogP contribution in [0.3, 0.4) is 0 Å². The Balaban J connectivity index is 2.43. The van der Waals surface area contributed by atoms with Crippen molar-refractivity contribution in [2.45, 2.75) is 25.9 Å². The van der Waals surface area contributed by atoms with Crippen molar-refractivity contribution in [2.75, 3.05) is 18.5 Å². The number of rotatable bonds is 2. The molecule has 1 aromatic rings. The van der Waals surface area contributed by atoms with E-state index < -0.39 is 6.10 Å². The number of nitrogens with zero attached hydrogens (tertiary/aromatic N) is 1. The van der Waals surface area contributed by atoms with Gasteiger partial charge in [-0.1, -0.05) is 19.9 Å². The summed E-state index contributed by atoms with van der Waals surface area (Å²) >= 11 is 0. The lowest BCUT2D eigenvalue weighted by molar-refractivity contribution is -0.125. The highest BCUT2D eigenvalue weighted by Crippen LogP contribution is 2.35. The summed E-state index contributed by atoms with van der Waals surface area (Å²) < 4.78 is 5.58. The van der Waals surface area contributed by atoms with Gasteiger partial charge in [-0.3, -0.25) is 4.79 Å². The molecule has 1 heterocycles. The molecule has 4 heteroatoms. The van der Waals surface area contributed by atoms with Gasteiger partial charge >= 0.3 is 0 Å². The summed E-state index contributed by atoms with van der Waals surface area (Å²) in [6.07, 6.45) is -0.558. The van der Waals surface area contributed by atoms with E-state index in [2.05, 4.69) is 13.8 Å². The molecule has 0 fully saturated rings. The van der Waals surface area contributed by atoms with Crippen LogP contribution in [0.5, 0.6) is 5.75 Å². The van der Waals surface area contributed by atoms with Gasteiger partial charge in [0.15, 0.2) is 6.10 Å². The molecule has 0 spiro atoms. The molecule has 17 heavy (non-hydrogen) atoms. The predicted octanol–water partition coefficient (Wildman–Crippen LogP) is 1.49. The van der Waals surface area contributed by atoms with Crippen molar-refractivity contribution in [3.8, 4) is 5.75 Å². The maximum Gasteiger partial charge on any atom is 0.269 e. The Labute approximate surface area is 101 Å². The fourth-order valence-corrected chi connectivity index (χ4v) is 1.94. The van der Waals surface area contributed by atoms with E-state index in [9.17, 15) is 4.79 Å². The zero-order chi connectivity index (χ0) is 12.6. The largest absolute Gasteiger partial charge is 0.477 e. The van der Waals surface area contributed by atoms with Crippen LogP contribution in [0.4, 0.5) is 5.69 Å². The number of nitrogens with two attached hydrogens (primary N) is 1. The molecule has 92 valence electrons. The van der Waals surface area contributed by atoms with E-state index in [0.717, 1.165) is 11.4 Å². The van der Waals surface area contributed by atoms with Crippen molar-refractivity contribution in [1.29, 1.82) is 0 Å². The van der Waals surface area contributed by atoms with Crippen LogP contribution in [-0.2, 0) is 4.79 Å². The van der Waals surface area contributed by atoms with Gasteiger partial charge in [0.25, 0.3) is 5.91 Å². The van der Waals surface area contributed by atoms with E-state index in [1.54, 1.807) is 11.9 Å². The van der Waals surface area contributed by atoms with Crippen LogP contribution >= 0.6 is 0 Å². The topological polar surface area (TPSA) is 55.6 Å². The monoisotopic (exact) mass is 234 g/mol. The Morgan fingerprint density at radius 1 is 1.47 bits per heavy atom. The molecule has 0 radical (unpaired) electrons. The number of hydrogen-bond acceptors (Lipinski definition) is 3. The summed E-state index contributed by atoms with van der Waals surface area (Å²) in [5, 5.41) is 0. The van der Waals surface area contributed by atoms with Crippen molar-refractivity contribution >= 4 is 11.6 Å². The van der Waals surface area contributed by atoms with Crippen LogP contribution < -0.4 is 15.4 Å². The predicted molar refractivity (Wildman–Crippen MR) is 67.4 cm³/mol. The molecule has 0 aromatic heterocycles. The number of amides is 1. The first-order valence-electron chi connectivity index (χ1n) is 5.82. The van der Waals surface area contributed by atoms with Crippen LogP contribution in [-0.4, -0.2) is 25.6 Å². The standard InChI is InChI=1S/C13H18N2O2/c1-8(2)9-4-5-11-10(6-9)15(3)13(16)12(7-14)17-11/h4-6,8,12H,7,14H2,1-3H3. The summed E-state index contributed by atoms with van der Waals surface area (Å²) in [6, 6.07) is 5.95. The van der Waals surface area contributed by atoms with Crippen LogP contribution in [0.1, 0.15) is 25.3 Å². The average molecular weight is 234 g/mol. The Morgan fingerprint density at radius 3 is 2.76 bits per heavy atom. The second kappa shape index (κ2) is 4.37. The highest BCUT2D eigenvalue weighted by atomic mass is 16.5. The number of hydrogen-bond donors (Lipinski definition) is 1. The normalized spacial score (nSPS) is 19.2. The van der Waals surface area contributed by atoms with Crippen LogP contribution in [0.25, 0.3) is 0 Å². The van der Waals surface area contributed by atoms with Gasteiger partial charge in [-0.25, -0.2) is 0 Å². The van der Waals surface area contributed by atoms with E-state index in [1.165, 1.54) is 5.56 Å². The molecule has 4 nitrogen and oxygen atoms in total. The van der Waals surface area contributed by atoms with E-state index in [0.29, 0.717) is 5.92 Å². The first-order chi connectivity index (χ1) is 8.04. The lowest BCUT2D eigenvalue weighted by Gasteiger charge is -2.32. The average Bonchev–Trinajstić information content (AvgIpc) is 2.33. The summed E-state index contributed by atoms with van der Waals surface area (Å²) in [4.78, 5) is 13.5. The minimum atomic E-state index is -0.558. The fourth-order valence-electron chi connectivity index (χ4n) is 1.94. The number of likely N-dealkylation sites (N-methyl/N-ethyl adjacent to an activating group) is 1. The Hall–Kier alpha value is -1.55. The first kappa shape index (κ1) is 11.9. The van der Waals surface area contributed by atoms with Crippen molar-refractivity contribution in [1.82, 2.24) is 0 Å². The molecular formula is C13H18N2O2. The number of benzene rings is 1. The lowest BCUT2D eigenvalue weighted by Crippen LogP contribution is -2.47. The van der Waals surface area contributed by atoms with Gasteiger partial charge in [-0.2, -0.15) is 0 Å². The molecule has 0 aliphatic carbocycles. The van der Waals surface area contributed by atoms with Crippen LogP contribution in [0.2, 0.25) is 0 Å². The van der Waals surface area contributed by atoms with Crippen molar-refractivity contribution in [3.63, 3.8) is 0 Å². The van der Waals surface area contributed by atoms with Gasteiger partial charge in [0.2, 0.25) is 0 Å². The molecule has 0 bridgehead atoms. The number of carbonyl (C=O) groups excluding carboxylic acids is 1. The lowest BCUT2D eigenvalue weighted by atomic mass is 10.0. The molecule has 2 rings (SSSR count). The minimum Gasteiger partial charge on any atom is -0.477 e. The Kier molecular flexibility index (Phi) is 3.07. The van der Waals surface area contributed by atoms with Crippen molar-refractivity contribution in [2.24, 2.45) is 5.73 Å². The molecular weight excluding hydrogens is 216 g/mol. The zero-order valence-corrected chi connectivity index (χ0v) is 10.4. The molecule has 1 aromatic carbocycles. The summed E-state index contributed by atoms with van der Waals surface area (Å²) in [6.45, 7) is 4.44. The van der Waals surface area contributed by atoms with Crippen molar-refractivity contribution in [3.05, 3.63) is 23.8 Å². The van der Waals surface area contributed by atoms with Crippen molar-refractivity contribution < 1.29 is 9.53 Å². The smallest absolute Gasteiger partial charge is 0.269 e. The maximum absolute atomic E-state index is 11.9. The molecule has 1 aliphatic rings. The highest BCUT2D eigenvalue weighted by Gasteiger charge is 2.31. The van der Waals surface area contributed by atoms with E-state index in [4.69, 9.17) is 10.5 Å². The quantitative estimate of drug-likeness (QED) is 0.843. The minimum absolute atomic E-state index is 0.0825. The summed E-state index contributed by atoms with van der Waals surface area (Å²) in [5.74, 6) is 1.07. The third-order valence-electron chi connectivity index (χ3n) is 3.10. The second-order valence-electron chi connectivity index (χ2n) is 4.62. The number of fused-ring (bicyclic) bond motifs is 1. The molecule has 2 N–H and O–H groups in total. The molecule has 1 unspecified atom stereocenters. The maximum atomic E-state index is 11.9. The summed E-state index contributed by atoms with van der Waals surface area (Å²) in [5.41, 5.74) is 7.54. The molecule has 0 saturated heterocycles. The van der Waals surface area contributed by atoms with Crippen LogP contribution in [0.15, 0.2) is 18.2 Å².